The molecule has 0 saturated carbocycles. The number of hydrogen-bond acceptors (Lipinski definition) is 4. The molecule has 0 aromatic heterocycles. The lowest BCUT2D eigenvalue weighted by Crippen LogP contribution is -2.48. The maximum absolute atomic E-state index is 6.74. The first-order valence-electron chi connectivity index (χ1n) is 10.7. The van der Waals surface area contributed by atoms with E-state index in [-0.39, 0.29) is 17.9 Å². The second-order valence-corrected chi connectivity index (χ2v) is 9.24. The zero-order valence-corrected chi connectivity index (χ0v) is 18.9. The van der Waals surface area contributed by atoms with Crippen molar-refractivity contribution in [3.05, 3.63) is 88.5 Å². The molecular weight excluding hydrogens is 390 g/mol. The third-order valence-corrected chi connectivity index (χ3v) is 7.19. The maximum Gasteiger partial charge on any atom is 0.140 e. The number of ether oxygens (including phenoxy) is 2. The van der Waals surface area contributed by atoms with Gasteiger partial charge in [0.2, 0.25) is 0 Å². The number of nitrogens with zero attached hydrogens (tertiary/aromatic N) is 1. The van der Waals surface area contributed by atoms with Crippen LogP contribution in [0.2, 0.25) is 0 Å². The summed E-state index contributed by atoms with van der Waals surface area (Å²) in [6.45, 7) is 5.15. The van der Waals surface area contributed by atoms with Crippen molar-refractivity contribution < 1.29 is 9.47 Å². The van der Waals surface area contributed by atoms with Gasteiger partial charge in [0.1, 0.15) is 11.8 Å². The third kappa shape index (κ3) is 4.36. The molecular formula is C26H31NO2S. The smallest absolute Gasteiger partial charge is 0.140 e. The van der Waals surface area contributed by atoms with E-state index in [1.54, 1.807) is 7.11 Å². The summed E-state index contributed by atoms with van der Waals surface area (Å²) in [5.74, 6) is 0.934. The first-order valence-corrected chi connectivity index (χ1v) is 11.7. The molecule has 2 heterocycles. The van der Waals surface area contributed by atoms with Gasteiger partial charge in [0.25, 0.3) is 0 Å². The highest BCUT2D eigenvalue weighted by atomic mass is 32.2. The lowest BCUT2D eigenvalue weighted by molar-refractivity contribution is -0.0880. The molecule has 0 amide bonds. The molecule has 4 rings (SSSR count). The minimum Gasteiger partial charge on any atom is -0.382 e. The van der Waals surface area contributed by atoms with E-state index in [0.717, 1.165) is 18.6 Å². The summed E-state index contributed by atoms with van der Waals surface area (Å²) < 4.78 is 12.4. The molecule has 30 heavy (non-hydrogen) atoms. The summed E-state index contributed by atoms with van der Waals surface area (Å²) in [7, 11) is 1.79. The van der Waals surface area contributed by atoms with Gasteiger partial charge < -0.3 is 14.4 Å². The molecule has 0 N–H and O–H groups in total. The standard InChI is InChI=1S/C26H31NO2S/c1-20-16-17-26(2)27(25(20)30-18-10-13-21-11-6-4-7-12-21)23(19-28-3)24(29-26)22-14-8-5-9-15-22/h4-15,23-24H,16-19H2,1-3H3/b13-10+/t23-,24-,26+/m0/s1. The van der Waals surface area contributed by atoms with E-state index in [9.17, 15) is 0 Å². The Labute approximate surface area is 184 Å². The van der Waals surface area contributed by atoms with E-state index in [0.29, 0.717) is 6.61 Å². The minimum atomic E-state index is -0.297. The fourth-order valence-corrected chi connectivity index (χ4v) is 5.67. The molecule has 0 aliphatic carbocycles. The average Bonchev–Trinajstić information content (AvgIpc) is 3.07. The monoisotopic (exact) mass is 421 g/mol. The minimum absolute atomic E-state index is 0.0116. The molecule has 3 nitrogen and oxygen atoms in total. The Morgan fingerprint density at radius 3 is 2.53 bits per heavy atom. The number of benzene rings is 2. The molecule has 1 saturated heterocycles. The molecule has 0 bridgehead atoms. The second-order valence-electron chi connectivity index (χ2n) is 8.23. The van der Waals surface area contributed by atoms with Gasteiger partial charge in [-0.2, -0.15) is 0 Å². The normalized spacial score (nSPS) is 26.4. The fourth-order valence-electron chi connectivity index (χ4n) is 4.51. The summed E-state index contributed by atoms with van der Waals surface area (Å²) >= 11 is 1.91. The van der Waals surface area contributed by atoms with Crippen LogP contribution in [0.1, 0.15) is 43.9 Å². The zero-order valence-electron chi connectivity index (χ0n) is 18.1. The van der Waals surface area contributed by atoms with Crippen LogP contribution in [0.25, 0.3) is 6.08 Å². The summed E-state index contributed by atoms with van der Waals surface area (Å²) in [6.07, 6.45) is 6.54. The molecule has 2 aromatic rings. The third-order valence-electron chi connectivity index (χ3n) is 6.01. The van der Waals surface area contributed by atoms with E-state index in [4.69, 9.17) is 9.47 Å². The van der Waals surface area contributed by atoms with Gasteiger partial charge in [0, 0.05) is 12.9 Å². The van der Waals surface area contributed by atoms with Crippen molar-refractivity contribution in [3.8, 4) is 0 Å². The van der Waals surface area contributed by atoms with Crippen molar-refractivity contribution in [1.29, 1.82) is 0 Å². The van der Waals surface area contributed by atoms with Gasteiger partial charge in [0.15, 0.2) is 0 Å². The van der Waals surface area contributed by atoms with E-state index >= 15 is 0 Å². The van der Waals surface area contributed by atoms with Crippen molar-refractivity contribution >= 4 is 17.8 Å². The van der Waals surface area contributed by atoms with Crippen molar-refractivity contribution in [2.75, 3.05) is 19.5 Å². The number of thioether (sulfide) groups is 1. The highest BCUT2D eigenvalue weighted by molar-refractivity contribution is 8.03. The summed E-state index contributed by atoms with van der Waals surface area (Å²) in [4.78, 5) is 2.51. The summed E-state index contributed by atoms with van der Waals surface area (Å²) in [6, 6.07) is 21.2. The Kier molecular flexibility index (Phi) is 6.67. The van der Waals surface area contributed by atoms with Crippen LogP contribution in [-0.2, 0) is 9.47 Å². The molecule has 2 aliphatic heterocycles. The number of rotatable bonds is 7. The van der Waals surface area contributed by atoms with Gasteiger partial charge in [-0.15, -0.1) is 11.8 Å². The maximum atomic E-state index is 6.74. The number of fused-ring (bicyclic) bond motifs is 1. The Morgan fingerprint density at radius 2 is 1.83 bits per heavy atom. The summed E-state index contributed by atoms with van der Waals surface area (Å²) in [5, 5.41) is 1.35. The summed E-state index contributed by atoms with van der Waals surface area (Å²) in [5.41, 5.74) is 3.61. The Morgan fingerprint density at radius 1 is 1.13 bits per heavy atom. The van der Waals surface area contributed by atoms with Gasteiger partial charge >= 0.3 is 0 Å². The van der Waals surface area contributed by atoms with Crippen LogP contribution in [0.5, 0.6) is 0 Å². The van der Waals surface area contributed by atoms with Crippen LogP contribution < -0.4 is 0 Å². The fraction of sp³-hybridized carbons (Fsp3) is 0.385. The number of hydrogen-bond donors (Lipinski definition) is 0. The molecule has 3 atom stereocenters. The Bertz CT molecular complexity index is 896. The number of methoxy groups -OCH3 is 1. The molecule has 2 aliphatic rings. The van der Waals surface area contributed by atoms with Gasteiger partial charge in [-0.1, -0.05) is 72.8 Å². The van der Waals surface area contributed by atoms with E-state index in [1.165, 1.54) is 21.7 Å². The van der Waals surface area contributed by atoms with Crippen LogP contribution in [0.3, 0.4) is 0 Å². The molecule has 0 spiro atoms. The number of allylic oxidation sites excluding steroid dienone is 1. The first kappa shape index (κ1) is 21.2. The largest absolute Gasteiger partial charge is 0.382 e. The predicted molar refractivity (Wildman–Crippen MR) is 126 cm³/mol. The molecule has 4 heteroatoms. The van der Waals surface area contributed by atoms with Crippen LogP contribution in [0.4, 0.5) is 0 Å². The second kappa shape index (κ2) is 9.42. The van der Waals surface area contributed by atoms with Gasteiger partial charge in [-0.3, -0.25) is 0 Å². The van der Waals surface area contributed by atoms with Crippen molar-refractivity contribution in [2.24, 2.45) is 0 Å². The van der Waals surface area contributed by atoms with E-state index in [2.05, 4.69) is 91.6 Å². The topological polar surface area (TPSA) is 21.7 Å². The van der Waals surface area contributed by atoms with Crippen LogP contribution in [0, 0.1) is 0 Å². The van der Waals surface area contributed by atoms with Crippen molar-refractivity contribution in [2.45, 2.75) is 44.6 Å². The molecule has 158 valence electrons. The van der Waals surface area contributed by atoms with Gasteiger partial charge in [-0.05, 0) is 43.4 Å². The van der Waals surface area contributed by atoms with Crippen LogP contribution >= 0.6 is 11.8 Å². The average molecular weight is 422 g/mol. The van der Waals surface area contributed by atoms with Crippen LogP contribution in [0.15, 0.2) is 77.3 Å². The van der Waals surface area contributed by atoms with E-state index in [1.807, 2.05) is 11.8 Å². The highest BCUT2D eigenvalue weighted by Crippen LogP contribution is 2.51. The van der Waals surface area contributed by atoms with Gasteiger partial charge in [-0.25, -0.2) is 0 Å². The predicted octanol–water partition coefficient (Wildman–Crippen LogP) is 6.26. The quantitative estimate of drug-likeness (QED) is 0.526. The zero-order chi connectivity index (χ0) is 21.0. The Balaban J connectivity index is 1.56. The van der Waals surface area contributed by atoms with Crippen LogP contribution in [-0.4, -0.2) is 36.1 Å². The molecule has 0 unspecified atom stereocenters. The highest BCUT2D eigenvalue weighted by Gasteiger charge is 2.52. The molecule has 2 aromatic carbocycles. The molecule has 1 fully saturated rings. The van der Waals surface area contributed by atoms with Crippen molar-refractivity contribution in [1.82, 2.24) is 4.90 Å². The lowest BCUT2D eigenvalue weighted by Gasteiger charge is -2.43. The van der Waals surface area contributed by atoms with Gasteiger partial charge in [0.05, 0.1) is 17.7 Å². The first-order chi connectivity index (χ1) is 14.6. The Hall–Kier alpha value is -2.01. The SMILES string of the molecule is COC[C@H]1[C@H](c2ccccc2)O[C@]2(C)CCC(C)=C(SC/C=C/c3ccccc3)N12. The van der Waals surface area contributed by atoms with E-state index < -0.39 is 0 Å². The lowest BCUT2D eigenvalue weighted by atomic mass is 9.97. The van der Waals surface area contributed by atoms with Crippen molar-refractivity contribution in [3.63, 3.8) is 0 Å². The molecule has 0 radical (unpaired) electrons.